The summed E-state index contributed by atoms with van der Waals surface area (Å²) in [5.41, 5.74) is 4.95. The van der Waals surface area contributed by atoms with Crippen molar-refractivity contribution in [3.05, 3.63) is 94.2 Å². The van der Waals surface area contributed by atoms with Crippen LogP contribution in [0.1, 0.15) is 28.6 Å². The first kappa shape index (κ1) is 21.6. The Morgan fingerprint density at radius 3 is 2.62 bits per heavy atom. The predicted molar refractivity (Wildman–Crippen MR) is 127 cm³/mol. The number of ether oxygens (including phenoxy) is 2. The molecule has 0 saturated heterocycles. The van der Waals surface area contributed by atoms with E-state index in [4.69, 9.17) is 13.9 Å². The standard InChI is InChI=1S/C25H21BrN2O4/c1-2-30-23-13-18(9-12-22(23)31-16-17-7-10-20(26)11-8-17)15-27-28-25(29)24-14-19-5-3-4-6-21(19)32-24/h3-15H,2,16H2,1H3,(H,28,29)/b27-15+. The number of para-hydroxylation sites is 1. The van der Waals surface area contributed by atoms with Gasteiger partial charge in [0.2, 0.25) is 0 Å². The summed E-state index contributed by atoms with van der Waals surface area (Å²) >= 11 is 3.43. The smallest absolute Gasteiger partial charge is 0.307 e. The Labute approximate surface area is 194 Å². The molecule has 0 bridgehead atoms. The van der Waals surface area contributed by atoms with Gasteiger partial charge in [-0.05, 0) is 60.5 Å². The van der Waals surface area contributed by atoms with Gasteiger partial charge in [0.15, 0.2) is 17.3 Å². The van der Waals surface area contributed by atoms with Crippen LogP contribution in [0.4, 0.5) is 0 Å². The maximum atomic E-state index is 12.3. The van der Waals surface area contributed by atoms with Crippen LogP contribution >= 0.6 is 15.9 Å². The first-order chi connectivity index (χ1) is 15.6. The second-order valence-corrected chi connectivity index (χ2v) is 7.82. The molecule has 3 aromatic carbocycles. The van der Waals surface area contributed by atoms with Crippen LogP contribution in [0.15, 0.2) is 86.8 Å². The molecule has 0 saturated carbocycles. The zero-order valence-electron chi connectivity index (χ0n) is 17.4. The van der Waals surface area contributed by atoms with Crippen molar-refractivity contribution in [1.82, 2.24) is 5.43 Å². The van der Waals surface area contributed by atoms with E-state index in [2.05, 4.69) is 26.5 Å². The number of hydrogen-bond donors (Lipinski definition) is 1. The SMILES string of the molecule is CCOc1cc(/C=N/NC(=O)c2cc3ccccc3o2)ccc1OCc1ccc(Br)cc1. The highest BCUT2D eigenvalue weighted by Gasteiger charge is 2.11. The van der Waals surface area contributed by atoms with Gasteiger partial charge in [0.1, 0.15) is 12.2 Å². The first-order valence-corrected chi connectivity index (χ1v) is 10.9. The summed E-state index contributed by atoms with van der Waals surface area (Å²) < 4.78 is 18.2. The Morgan fingerprint density at radius 1 is 1.03 bits per heavy atom. The molecule has 4 aromatic rings. The third-order valence-corrected chi connectivity index (χ3v) is 5.13. The number of rotatable bonds is 8. The van der Waals surface area contributed by atoms with E-state index in [0.717, 1.165) is 21.0 Å². The Morgan fingerprint density at radius 2 is 1.84 bits per heavy atom. The van der Waals surface area contributed by atoms with E-state index in [9.17, 15) is 4.79 Å². The number of halogens is 1. The quantitative estimate of drug-likeness (QED) is 0.244. The molecule has 6 nitrogen and oxygen atoms in total. The van der Waals surface area contributed by atoms with Gasteiger partial charge in [-0.1, -0.05) is 46.3 Å². The van der Waals surface area contributed by atoms with Crippen molar-refractivity contribution in [3.8, 4) is 11.5 Å². The lowest BCUT2D eigenvalue weighted by atomic mass is 10.2. The number of amides is 1. The minimum absolute atomic E-state index is 0.204. The number of carbonyl (C=O) groups is 1. The maximum absolute atomic E-state index is 12.3. The first-order valence-electron chi connectivity index (χ1n) is 10.1. The minimum atomic E-state index is -0.420. The molecule has 162 valence electrons. The lowest BCUT2D eigenvalue weighted by Gasteiger charge is -2.12. The topological polar surface area (TPSA) is 73.1 Å². The highest BCUT2D eigenvalue weighted by atomic mass is 79.9. The van der Waals surface area contributed by atoms with Gasteiger partial charge < -0.3 is 13.9 Å². The fourth-order valence-electron chi connectivity index (χ4n) is 3.05. The van der Waals surface area contributed by atoms with Crippen molar-refractivity contribution in [2.45, 2.75) is 13.5 Å². The van der Waals surface area contributed by atoms with E-state index in [-0.39, 0.29) is 5.76 Å². The summed E-state index contributed by atoms with van der Waals surface area (Å²) in [5, 5.41) is 4.90. The van der Waals surface area contributed by atoms with E-state index < -0.39 is 5.91 Å². The van der Waals surface area contributed by atoms with Crippen molar-refractivity contribution in [2.75, 3.05) is 6.61 Å². The van der Waals surface area contributed by atoms with Crippen LogP contribution < -0.4 is 14.9 Å². The highest BCUT2D eigenvalue weighted by molar-refractivity contribution is 9.10. The largest absolute Gasteiger partial charge is 0.490 e. The van der Waals surface area contributed by atoms with Crippen LogP contribution in [-0.4, -0.2) is 18.7 Å². The van der Waals surface area contributed by atoms with Gasteiger partial charge in [0, 0.05) is 9.86 Å². The normalized spacial score (nSPS) is 11.1. The van der Waals surface area contributed by atoms with E-state index in [0.29, 0.717) is 30.3 Å². The second kappa shape index (κ2) is 10.2. The number of hydrogen-bond acceptors (Lipinski definition) is 5. The number of nitrogens with one attached hydrogen (secondary N) is 1. The van der Waals surface area contributed by atoms with Crippen molar-refractivity contribution in [2.24, 2.45) is 5.10 Å². The molecule has 4 rings (SSSR count). The molecule has 7 heteroatoms. The third kappa shape index (κ3) is 5.36. The zero-order chi connectivity index (χ0) is 22.3. The second-order valence-electron chi connectivity index (χ2n) is 6.90. The molecule has 0 unspecified atom stereocenters. The third-order valence-electron chi connectivity index (χ3n) is 4.60. The van der Waals surface area contributed by atoms with Crippen molar-refractivity contribution in [1.29, 1.82) is 0 Å². The van der Waals surface area contributed by atoms with Crippen molar-refractivity contribution >= 4 is 39.0 Å². The summed E-state index contributed by atoms with van der Waals surface area (Å²) in [6.07, 6.45) is 1.54. The van der Waals surface area contributed by atoms with Crippen LogP contribution in [0.5, 0.6) is 11.5 Å². The Bertz CT molecular complexity index is 1220. The Balaban J connectivity index is 1.41. The van der Waals surface area contributed by atoms with Gasteiger partial charge in [-0.25, -0.2) is 5.43 Å². The number of benzene rings is 3. The highest BCUT2D eigenvalue weighted by Crippen LogP contribution is 2.29. The number of fused-ring (bicyclic) bond motifs is 1. The van der Waals surface area contributed by atoms with Crippen LogP contribution in [0.25, 0.3) is 11.0 Å². The number of nitrogens with zero attached hydrogens (tertiary/aromatic N) is 1. The fraction of sp³-hybridized carbons (Fsp3) is 0.120. The Hall–Kier alpha value is -3.58. The molecule has 1 aromatic heterocycles. The van der Waals surface area contributed by atoms with Gasteiger partial charge >= 0.3 is 5.91 Å². The van der Waals surface area contributed by atoms with Crippen molar-refractivity contribution in [3.63, 3.8) is 0 Å². The molecule has 0 aliphatic rings. The van der Waals surface area contributed by atoms with E-state index >= 15 is 0 Å². The summed E-state index contributed by atoms with van der Waals surface area (Å²) in [5.74, 6) is 1.03. The molecule has 0 spiro atoms. The summed E-state index contributed by atoms with van der Waals surface area (Å²) in [6.45, 7) is 2.83. The van der Waals surface area contributed by atoms with Crippen molar-refractivity contribution < 1.29 is 18.7 Å². The van der Waals surface area contributed by atoms with Gasteiger partial charge in [-0.2, -0.15) is 5.10 Å². The van der Waals surface area contributed by atoms with E-state index in [1.165, 1.54) is 0 Å². The number of carbonyl (C=O) groups excluding carboxylic acids is 1. The average molecular weight is 493 g/mol. The lowest BCUT2D eigenvalue weighted by Crippen LogP contribution is -2.16. The van der Waals surface area contributed by atoms with E-state index in [1.54, 1.807) is 12.3 Å². The monoisotopic (exact) mass is 492 g/mol. The molecule has 0 aliphatic carbocycles. The summed E-state index contributed by atoms with van der Waals surface area (Å²) in [7, 11) is 0. The Kier molecular flexibility index (Phi) is 6.87. The van der Waals surface area contributed by atoms with Gasteiger partial charge in [0.25, 0.3) is 0 Å². The van der Waals surface area contributed by atoms with Gasteiger partial charge in [-0.3, -0.25) is 4.79 Å². The zero-order valence-corrected chi connectivity index (χ0v) is 19.0. The molecule has 0 fully saturated rings. The van der Waals surface area contributed by atoms with Crippen LogP contribution in [-0.2, 0) is 6.61 Å². The maximum Gasteiger partial charge on any atom is 0.307 e. The molecule has 1 amide bonds. The fourth-order valence-corrected chi connectivity index (χ4v) is 3.31. The van der Waals surface area contributed by atoms with Gasteiger partial charge in [-0.15, -0.1) is 0 Å². The molecule has 1 N–H and O–H groups in total. The lowest BCUT2D eigenvalue weighted by molar-refractivity contribution is 0.0929. The number of furan rings is 1. The summed E-state index contributed by atoms with van der Waals surface area (Å²) in [4.78, 5) is 12.3. The van der Waals surface area contributed by atoms with Crippen LogP contribution in [0.3, 0.4) is 0 Å². The minimum Gasteiger partial charge on any atom is -0.490 e. The van der Waals surface area contributed by atoms with Crippen LogP contribution in [0.2, 0.25) is 0 Å². The van der Waals surface area contributed by atoms with E-state index in [1.807, 2.05) is 73.7 Å². The number of hydrazone groups is 1. The molecule has 0 atom stereocenters. The average Bonchev–Trinajstić information content (AvgIpc) is 3.24. The molecule has 0 radical (unpaired) electrons. The molecule has 1 heterocycles. The molecular formula is C25H21BrN2O4. The molecule has 32 heavy (non-hydrogen) atoms. The predicted octanol–water partition coefficient (Wildman–Crippen LogP) is 5.94. The van der Waals surface area contributed by atoms with Gasteiger partial charge in [0.05, 0.1) is 12.8 Å². The molecular weight excluding hydrogens is 472 g/mol. The molecule has 0 aliphatic heterocycles. The van der Waals surface area contributed by atoms with Crippen LogP contribution in [0, 0.1) is 0 Å². The summed E-state index contributed by atoms with van der Waals surface area (Å²) in [6, 6.07) is 22.5.